The Kier molecular flexibility index (Phi) is 5.64. The predicted molar refractivity (Wildman–Crippen MR) is 111 cm³/mol. The largest absolute Gasteiger partial charge is 0.497 e. The molecule has 1 fully saturated rings. The number of hydrogen-bond acceptors (Lipinski definition) is 5. The van der Waals surface area contributed by atoms with Gasteiger partial charge in [-0.2, -0.15) is 5.26 Å². The lowest BCUT2D eigenvalue weighted by atomic mass is 9.99. The summed E-state index contributed by atoms with van der Waals surface area (Å²) in [6, 6.07) is 23.7. The Labute approximate surface area is 170 Å². The molecule has 1 heterocycles. The number of nitriles is 1. The minimum atomic E-state index is 0.0959. The first-order valence-corrected chi connectivity index (χ1v) is 9.51. The fourth-order valence-corrected chi connectivity index (χ4v) is 3.24. The second-order valence-corrected chi connectivity index (χ2v) is 6.90. The molecule has 5 heteroatoms. The number of hydrogen-bond donors (Lipinski definition) is 0. The van der Waals surface area contributed by atoms with Gasteiger partial charge < -0.3 is 19.1 Å². The maximum atomic E-state index is 8.87. The summed E-state index contributed by atoms with van der Waals surface area (Å²) >= 11 is 0. The highest BCUT2D eigenvalue weighted by Crippen LogP contribution is 2.32. The molecule has 5 nitrogen and oxygen atoms in total. The molecule has 146 valence electrons. The molecule has 0 unspecified atom stereocenters. The minimum Gasteiger partial charge on any atom is -0.497 e. The summed E-state index contributed by atoms with van der Waals surface area (Å²) in [6.07, 6.45) is 2.23. The van der Waals surface area contributed by atoms with E-state index in [1.807, 2.05) is 72.8 Å². The highest BCUT2D eigenvalue weighted by Gasteiger charge is 2.26. The first-order chi connectivity index (χ1) is 14.2. The summed E-state index contributed by atoms with van der Waals surface area (Å²) in [7, 11) is 1.66. The molecule has 3 aromatic rings. The lowest BCUT2D eigenvalue weighted by molar-refractivity contribution is -0.0399. The molecule has 0 spiro atoms. The summed E-state index contributed by atoms with van der Waals surface area (Å²) in [5.74, 6) is 2.38. The van der Waals surface area contributed by atoms with E-state index in [2.05, 4.69) is 6.19 Å². The van der Waals surface area contributed by atoms with Crippen molar-refractivity contribution in [1.29, 1.82) is 5.26 Å². The van der Waals surface area contributed by atoms with Crippen molar-refractivity contribution in [3.05, 3.63) is 78.4 Å². The number of likely N-dealkylation sites (tertiary alicyclic amines) is 1. The standard InChI is InChI=1S/C24H22N2O3/c1-27-20-10-7-18(8-11-20)24-13-22(29-21-5-3-2-4-6-21)12-9-19(24)16-28-23-14-26(15-23)17-25/h2-13,23H,14-16H2,1H3. The Balaban J connectivity index is 1.58. The summed E-state index contributed by atoms with van der Waals surface area (Å²) in [6.45, 7) is 1.80. The van der Waals surface area contributed by atoms with Crippen LogP contribution < -0.4 is 9.47 Å². The number of para-hydroxylation sites is 1. The van der Waals surface area contributed by atoms with Crippen LogP contribution in [-0.2, 0) is 11.3 Å². The second-order valence-electron chi connectivity index (χ2n) is 6.90. The number of ether oxygens (including phenoxy) is 3. The van der Waals surface area contributed by atoms with Crippen molar-refractivity contribution < 1.29 is 14.2 Å². The summed E-state index contributed by atoms with van der Waals surface area (Å²) in [4.78, 5) is 1.69. The van der Waals surface area contributed by atoms with Gasteiger partial charge in [-0.25, -0.2) is 0 Å². The Morgan fingerprint density at radius 3 is 2.34 bits per heavy atom. The van der Waals surface area contributed by atoms with Crippen molar-refractivity contribution in [3.8, 4) is 34.6 Å². The van der Waals surface area contributed by atoms with Crippen molar-refractivity contribution in [1.82, 2.24) is 4.90 Å². The van der Waals surface area contributed by atoms with Crippen molar-refractivity contribution in [2.24, 2.45) is 0 Å². The van der Waals surface area contributed by atoms with Crippen LogP contribution in [-0.4, -0.2) is 31.2 Å². The molecule has 1 saturated heterocycles. The van der Waals surface area contributed by atoms with Crippen LogP contribution in [0.15, 0.2) is 72.8 Å². The van der Waals surface area contributed by atoms with Gasteiger partial charge >= 0.3 is 0 Å². The molecule has 0 radical (unpaired) electrons. The lowest BCUT2D eigenvalue weighted by Crippen LogP contribution is -2.49. The van der Waals surface area contributed by atoms with Gasteiger partial charge in [-0.1, -0.05) is 36.4 Å². The number of nitrogens with zero attached hydrogens (tertiary/aromatic N) is 2. The van der Waals surface area contributed by atoms with E-state index in [1.54, 1.807) is 12.0 Å². The van der Waals surface area contributed by atoms with Crippen molar-refractivity contribution in [3.63, 3.8) is 0 Å². The number of rotatable bonds is 7. The van der Waals surface area contributed by atoms with Crippen LogP contribution in [0.25, 0.3) is 11.1 Å². The zero-order valence-corrected chi connectivity index (χ0v) is 16.2. The van der Waals surface area contributed by atoms with E-state index >= 15 is 0 Å². The highest BCUT2D eigenvalue weighted by molar-refractivity contribution is 5.69. The molecule has 3 aromatic carbocycles. The Morgan fingerprint density at radius 2 is 1.66 bits per heavy atom. The SMILES string of the molecule is COc1ccc(-c2cc(Oc3ccccc3)ccc2COC2CN(C#N)C2)cc1. The number of methoxy groups -OCH3 is 1. The smallest absolute Gasteiger partial charge is 0.179 e. The van der Waals surface area contributed by atoms with E-state index in [1.165, 1.54) is 0 Å². The third kappa shape index (κ3) is 4.50. The van der Waals surface area contributed by atoms with Gasteiger partial charge in [0, 0.05) is 0 Å². The fourth-order valence-electron chi connectivity index (χ4n) is 3.24. The topological polar surface area (TPSA) is 54.7 Å². The zero-order chi connectivity index (χ0) is 20.1. The van der Waals surface area contributed by atoms with Gasteiger partial charge in [-0.3, -0.25) is 0 Å². The van der Waals surface area contributed by atoms with Gasteiger partial charge in [0.2, 0.25) is 0 Å². The average molecular weight is 386 g/mol. The Bertz CT molecular complexity index is 991. The van der Waals surface area contributed by atoms with Gasteiger partial charge in [-0.15, -0.1) is 0 Å². The summed E-state index contributed by atoms with van der Waals surface area (Å²) in [5, 5.41) is 8.87. The molecule has 4 rings (SSSR count). The first-order valence-electron chi connectivity index (χ1n) is 9.51. The van der Waals surface area contributed by atoms with E-state index in [-0.39, 0.29) is 6.10 Å². The third-order valence-corrected chi connectivity index (χ3v) is 4.93. The first kappa shape index (κ1) is 18.9. The van der Waals surface area contributed by atoms with Crippen molar-refractivity contribution in [2.75, 3.05) is 20.2 Å². The van der Waals surface area contributed by atoms with Gasteiger partial charge in [-0.05, 0) is 53.1 Å². The van der Waals surface area contributed by atoms with E-state index in [0.29, 0.717) is 19.7 Å². The lowest BCUT2D eigenvalue weighted by Gasteiger charge is -2.34. The Morgan fingerprint density at radius 1 is 0.931 bits per heavy atom. The fraction of sp³-hybridized carbons (Fsp3) is 0.208. The van der Waals surface area contributed by atoms with E-state index in [9.17, 15) is 0 Å². The average Bonchev–Trinajstić information content (AvgIpc) is 2.74. The van der Waals surface area contributed by atoms with Crippen LogP contribution in [0, 0.1) is 11.5 Å². The van der Waals surface area contributed by atoms with Gasteiger partial charge in [0.1, 0.15) is 17.2 Å². The van der Waals surface area contributed by atoms with Crippen LogP contribution in [0.1, 0.15) is 5.56 Å². The molecule has 0 atom stereocenters. The highest BCUT2D eigenvalue weighted by atomic mass is 16.5. The zero-order valence-electron chi connectivity index (χ0n) is 16.2. The monoisotopic (exact) mass is 386 g/mol. The number of benzene rings is 3. The van der Waals surface area contributed by atoms with E-state index < -0.39 is 0 Å². The van der Waals surface area contributed by atoms with Gasteiger partial charge in [0.15, 0.2) is 6.19 Å². The predicted octanol–water partition coefficient (Wildman–Crippen LogP) is 4.84. The van der Waals surface area contributed by atoms with E-state index in [4.69, 9.17) is 19.5 Å². The summed E-state index contributed by atoms with van der Waals surface area (Å²) < 4.78 is 17.3. The molecular weight excluding hydrogens is 364 g/mol. The Hall–Kier alpha value is -3.49. The van der Waals surface area contributed by atoms with E-state index in [0.717, 1.165) is 33.9 Å². The molecule has 29 heavy (non-hydrogen) atoms. The molecule has 0 aliphatic carbocycles. The maximum Gasteiger partial charge on any atom is 0.179 e. The normalized spacial score (nSPS) is 13.4. The third-order valence-electron chi connectivity index (χ3n) is 4.93. The molecule has 1 aliphatic heterocycles. The molecule has 0 N–H and O–H groups in total. The molecule has 1 aliphatic rings. The van der Waals surface area contributed by atoms with Crippen LogP contribution in [0.2, 0.25) is 0 Å². The van der Waals surface area contributed by atoms with Crippen LogP contribution in [0.5, 0.6) is 17.2 Å². The van der Waals surface area contributed by atoms with Crippen LogP contribution >= 0.6 is 0 Å². The van der Waals surface area contributed by atoms with Crippen LogP contribution in [0.4, 0.5) is 0 Å². The van der Waals surface area contributed by atoms with Crippen molar-refractivity contribution >= 4 is 0 Å². The molecule has 0 bridgehead atoms. The van der Waals surface area contributed by atoms with Gasteiger partial charge in [0.25, 0.3) is 0 Å². The molecule has 0 amide bonds. The molecule has 0 saturated carbocycles. The van der Waals surface area contributed by atoms with Gasteiger partial charge in [0.05, 0.1) is 32.9 Å². The minimum absolute atomic E-state index is 0.0959. The molecule has 0 aromatic heterocycles. The summed E-state index contributed by atoms with van der Waals surface area (Å²) in [5.41, 5.74) is 3.19. The van der Waals surface area contributed by atoms with Crippen LogP contribution in [0.3, 0.4) is 0 Å². The maximum absolute atomic E-state index is 8.87. The second kappa shape index (κ2) is 8.68. The van der Waals surface area contributed by atoms with Crippen molar-refractivity contribution in [2.45, 2.75) is 12.7 Å². The molecular formula is C24H22N2O3. The quantitative estimate of drug-likeness (QED) is 0.544.